The van der Waals surface area contributed by atoms with E-state index in [0.29, 0.717) is 25.7 Å². The van der Waals surface area contributed by atoms with Gasteiger partial charge in [-0.2, -0.15) is 0 Å². The quantitative estimate of drug-likeness (QED) is 0.0222. The lowest BCUT2D eigenvalue weighted by atomic mass is 10.0. The molecule has 0 heterocycles. The van der Waals surface area contributed by atoms with Crippen LogP contribution in [0.5, 0.6) is 0 Å². The number of hydrogen-bond donors (Lipinski definition) is 3. The van der Waals surface area contributed by atoms with Crippen molar-refractivity contribution < 1.29 is 80.2 Å². The summed E-state index contributed by atoms with van der Waals surface area (Å²) in [7, 11) is -9.92. The molecule has 0 aliphatic carbocycles. The zero-order chi connectivity index (χ0) is 76.2. The van der Waals surface area contributed by atoms with Crippen LogP contribution in [0.4, 0.5) is 0 Å². The lowest BCUT2D eigenvalue weighted by Gasteiger charge is -2.21. The molecule has 618 valence electrons. The SMILES string of the molecule is CCCCCCCCCCCCCCCCCCCCCCCCC(=O)O[C@H](COC(=O)CCCCCCCCCCCCCCCCCCC(C)C)COP(=O)(O)OC[C@@H](O)COP(=O)(O)OC[C@@H](COC(=O)CCCCCCCCCCC)OC(=O)CCCCCCCCCCCCCCCC. The van der Waals surface area contributed by atoms with Gasteiger partial charge in [0.05, 0.1) is 26.4 Å². The number of esters is 4. The Morgan fingerprint density at radius 1 is 0.260 bits per heavy atom. The molecule has 0 saturated carbocycles. The molecule has 0 aromatic carbocycles. The molecule has 0 aliphatic heterocycles. The van der Waals surface area contributed by atoms with Crippen molar-refractivity contribution in [3.8, 4) is 0 Å². The molecule has 2 unspecified atom stereocenters. The van der Waals surface area contributed by atoms with Crippen LogP contribution >= 0.6 is 15.6 Å². The summed E-state index contributed by atoms with van der Waals surface area (Å²) in [6, 6.07) is 0. The third-order valence-electron chi connectivity index (χ3n) is 20.0. The second-order valence-electron chi connectivity index (χ2n) is 31.1. The predicted molar refractivity (Wildman–Crippen MR) is 428 cm³/mol. The zero-order valence-corrected chi connectivity index (χ0v) is 70.0. The number of unbranched alkanes of at least 4 members (excludes halogenated alkanes) is 57. The number of hydrogen-bond acceptors (Lipinski definition) is 15. The lowest BCUT2D eigenvalue weighted by molar-refractivity contribution is -0.161. The van der Waals surface area contributed by atoms with Crippen molar-refractivity contribution in [1.29, 1.82) is 0 Å². The van der Waals surface area contributed by atoms with Crippen LogP contribution in [-0.4, -0.2) is 96.7 Å². The average Bonchev–Trinajstić information content (AvgIpc) is 0.908. The van der Waals surface area contributed by atoms with Crippen molar-refractivity contribution in [3.05, 3.63) is 0 Å². The zero-order valence-electron chi connectivity index (χ0n) is 68.2. The van der Waals surface area contributed by atoms with Crippen LogP contribution in [0, 0.1) is 5.92 Å². The molecule has 0 aromatic heterocycles. The highest BCUT2D eigenvalue weighted by atomic mass is 31.2. The fraction of sp³-hybridized carbons (Fsp3) is 0.953. The van der Waals surface area contributed by atoms with Crippen LogP contribution in [0.25, 0.3) is 0 Å². The van der Waals surface area contributed by atoms with Crippen LogP contribution < -0.4 is 0 Å². The Morgan fingerprint density at radius 2 is 0.442 bits per heavy atom. The summed E-state index contributed by atoms with van der Waals surface area (Å²) >= 11 is 0. The van der Waals surface area contributed by atoms with Gasteiger partial charge in [0.15, 0.2) is 12.2 Å². The van der Waals surface area contributed by atoms with Crippen molar-refractivity contribution >= 4 is 39.5 Å². The molecule has 0 radical (unpaired) electrons. The standard InChI is InChI=1S/C85H166O17P2/c1-6-9-12-15-18-21-23-25-27-28-29-30-31-32-33-38-42-46-51-56-61-66-71-85(90)102-81(75-96-83(88)69-64-59-54-49-44-41-37-35-34-36-39-43-48-52-57-62-67-78(4)5)77-100-104(93,94)98-73-79(86)72-97-103(91,92)99-76-80(74-95-82(87)68-63-58-53-47-20-17-14-11-8-3)101-84(89)70-65-60-55-50-45-40-26-24-22-19-16-13-10-7-2/h78-81,86H,6-77H2,1-5H3,(H,91,92)(H,93,94)/t79-,80+,81+/m0/s1. The third-order valence-corrected chi connectivity index (χ3v) is 21.9. The molecular formula is C85H166O17P2. The fourth-order valence-electron chi connectivity index (χ4n) is 13.3. The lowest BCUT2D eigenvalue weighted by Crippen LogP contribution is -2.30. The molecule has 19 heteroatoms. The van der Waals surface area contributed by atoms with Gasteiger partial charge in [0.25, 0.3) is 0 Å². The van der Waals surface area contributed by atoms with E-state index in [9.17, 15) is 43.2 Å². The van der Waals surface area contributed by atoms with E-state index in [1.54, 1.807) is 0 Å². The first-order valence-electron chi connectivity index (χ1n) is 44.1. The van der Waals surface area contributed by atoms with Gasteiger partial charge in [-0.05, 0) is 31.6 Å². The minimum atomic E-state index is -4.96. The van der Waals surface area contributed by atoms with Crippen LogP contribution in [0.2, 0.25) is 0 Å². The molecule has 0 aromatic rings. The van der Waals surface area contributed by atoms with E-state index in [0.717, 1.165) is 95.8 Å². The summed E-state index contributed by atoms with van der Waals surface area (Å²) < 4.78 is 68.8. The number of carbonyl (C=O) groups is 4. The van der Waals surface area contributed by atoms with E-state index >= 15 is 0 Å². The third kappa shape index (κ3) is 78.2. The summed E-state index contributed by atoms with van der Waals surface area (Å²) in [5, 5.41) is 10.7. The monoisotopic (exact) mass is 1520 g/mol. The van der Waals surface area contributed by atoms with E-state index in [-0.39, 0.29) is 25.7 Å². The number of ether oxygens (including phenoxy) is 4. The van der Waals surface area contributed by atoms with E-state index in [1.165, 1.54) is 283 Å². The van der Waals surface area contributed by atoms with Crippen molar-refractivity contribution in [2.24, 2.45) is 5.92 Å². The Bertz CT molecular complexity index is 1980. The van der Waals surface area contributed by atoms with Crippen molar-refractivity contribution in [1.82, 2.24) is 0 Å². The first kappa shape index (κ1) is 102. The molecule has 5 atom stereocenters. The van der Waals surface area contributed by atoms with Gasteiger partial charge in [0.1, 0.15) is 19.3 Å². The molecule has 0 fully saturated rings. The number of aliphatic hydroxyl groups excluding tert-OH is 1. The van der Waals surface area contributed by atoms with Gasteiger partial charge in [-0.25, -0.2) is 9.13 Å². The highest BCUT2D eigenvalue weighted by Gasteiger charge is 2.30. The second kappa shape index (κ2) is 77.8. The second-order valence-corrected chi connectivity index (χ2v) is 34.0. The summed E-state index contributed by atoms with van der Waals surface area (Å²) in [4.78, 5) is 73.1. The minimum absolute atomic E-state index is 0.108. The number of phosphoric ester groups is 2. The summed E-state index contributed by atoms with van der Waals surface area (Å²) in [6.45, 7) is 7.37. The van der Waals surface area contributed by atoms with E-state index in [1.807, 2.05) is 0 Å². The van der Waals surface area contributed by atoms with Gasteiger partial charge < -0.3 is 33.8 Å². The smallest absolute Gasteiger partial charge is 0.462 e. The minimum Gasteiger partial charge on any atom is -0.462 e. The number of rotatable bonds is 85. The topological polar surface area (TPSA) is 237 Å². The molecule has 0 rings (SSSR count). The van der Waals surface area contributed by atoms with E-state index in [4.69, 9.17) is 37.0 Å². The fourth-order valence-corrected chi connectivity index (χ4v) is 14.9. The van der Waals surface area contributed by atoms with Gasteiger partial charge in [-0.15, -0.1) is 0 Å². The Hall–Kier alpha value is -1.94. The maximum atomic E-state index is 13.1. The largest absolute Gasteiger partial charge is 0.472 e. The molecule has 104 heavy (non-hydrogen) atoms. The average molecular weight is 1520 g/mol. The number of aliphatic hydroxyl groups is 1. The van der Waals surface area contributed by atoms with Crippen molar-refractivity contribution in [2.75, 3.05) is 39.6 Å². The molecule has 0 aliphatic rings. The normalized spacial score (nSPS) is 13.8. The molecule has 0 bridgehead atoms. The Balaban J connectivity index is 5.19. The van der Waals surface area contributed by atoms with Crippen molar-refractivity contribution in [3.63, 3.8) is 0 Å². The van der Waals surface area contributed by atoms with Gasteiger partial charge in [0.2, 0.25) is 0 Å². The summed E-state index contributed by atoms with van der Waals surface area (Å²) in [5.74, 6) is -1.29. The maximum absolute atomic E-state index is 13.1. The van der Waals surface area contributed by atoms with Crippen LogP contribution in [0.1, 0.15) is 458 Å². The van der Waals surface area contributed by atoms with Crippen molar-refractivity contribution in [2.45, 2.75) is 477 Å². The molecule has 0 spiro atoms. The van der Waals surface area contributed by atoms with Gasteiger partial charge in [0, 0.05) is 25.7 Å². The van der Waals surface area contributed by atoms with Gasteiger partial charge in [-0.1, -0.05) is 407 Å². The van der Waals surface area contributed by atoms with E-state index < -0.39 is 97.5 Å². The van der Waals surface area contributed by atoms with Gasteiger partial charge in [-0.3, -0.25) is 37.3 Å². The highest BCUT2D eigenvalue weighted by Crippen LogP contribution is 2.45. The molecule has 0 amide bonds. The van der Waals surface area contributed by atoms with Gasteiger partial charge >= 0.3 is 39.5 Å². The molecule has 0 saturated heterocycles. The van der Waals surface area contributed by atoms with Crippen LogP contribution in [-0.2, 0) is 65.4 Å². The number of phosphoric acid groups is 2. The maximum Gasteiger partial charge on any atom is 0.472 e. The highest BCUT2D eigenvalue weighted by molar-refractivity contribution is 7.47. The Morgan fingerprint density at radius 3 is 0.654 bits per heavy atom. The molecule has 3 N–H and O–H groups in total. The van der Waals surface area contributed by atoms with E-state index in [2.05, 4.69) is 34.6 Å². The molecule has 17 nitrogen and oxygen atoms in total. The Labute approximate surface area is 638 Å². The predicted octanol–water partition coefficient (Wildman–Crippen LogP) is 26.0. The Kier molecular flexibility index (Phi) is 76.3. The molecular weight excluding hydrogens is 1350 g/mol. The summed E-state index contributed by atoms with van der Waals surface area (Å²) in [6.07, 6.45) is 70.9. The number of carbonyl (C=O) groups excluding carboxylic acids is 4. The van der Waals surface area contributed by atoms with Crippen LogP contribution in [0.3, 0.4) is 0 Å². The summed E-state index contributed by atoms with van der Waals surface area (Å²) in [5.41, 5.74) is 0. The first-order valence-corrected chi connectivity index (χ1v) is 47.1. The van der Waals surface area contributed by atoms with Crippen LogP contribution in [0.15, 0.2) is 0 Å². The first-order chi connectivity index (χ1) is 50.5.